The number of nitrogens with one attached hydrogen (secondary N) is 1. The second-order valence-electron chi connectivity index (χ2n) is 5.41. The Hall–Kier alpha value is -1.42. The molecule has 1 aromatic rings. The van der Waals surface area contributed by atoms with Gasteiger partial charge in [0.25, 0.3) is 0 Å². The number of rotatable bonds is 3. The second kappa shape index (κ2) is 4.05. The third kappa shape index (κ3) is 1.90. The van der Waals surface area contributed by atoms with Crippen molar-refractivity contribution in [2.75, 3.05) is 24.8 Å². The molecule has 0 bridgehead atoms. The van der Waals surface area contributed by atoms with Crippen molar-refractivity contribution in [3.05, 3.63) is 18.2 Å². The number of ether oxygens (including phenoxy) is 2. The van der Waals surface area contributed by atoms with Gasteiger partial charge in [0.15, 0.2) is 11.5 Å². The Morgan fingerprint density at radius 1 is 1.06 bits per heavy atom. The summed E-state index contributed by atoms with van der Waals surface area (Å²) in [4.78, 5) is 2.43. The van der Waals surface area contributed by atoms with Gasteiger partial charge in [-0.2, -0.15) is 0 Å². The highest BCUT2D eigenvalue weighted by Crippen LogP contribution is 2.36. The SMILES string of the molecule is c1cc2c(cc1N1CCC(NC3CC3)C1)OCO2. The van der Waals surface area contributed by atoms with E-state index in [1.165, 1.54) is 24.9 Å². The molecule has 3 aliphatic rings. The number of anilines is 1. The van der Waals surface area contributed by atoms with Gasteiger partial charge in [-0.15, -0.1) is 0 Å². The summed E-state index contributed by atoms with van der Waals surface area (Å²) in [6, 6.07) is 7.70. The molecular formula is C14H18N2O2. The van der Waals surface area contributed by atoms with E-state index in [2.05, 4.69) is 22.3 Å². The fourth-order valence-corrected chi connectivity index (χ4v) is 2.80. The van der Waals surface area contributed by atoms with E-state index in [9.17, 15) is 0 Å². The van der Waals surface area contributed by atoms with Crippen molar-refractivity contribution in [1.82, 2.24) is 5.32 Å². The van der Waals surface area contributed by atoms with Crippen LogP contribution in [-0.2, 0) is 0 Å². The van der Waals surface area contributed by atoms with Gasteiger partial charge < -0.3 is 19.7 Å². The van der Waals surface area contributed by atoms with Gasteiger partial charge in [-0.25, -0.2) is 0 Å². The zero-order chi connectivity index (χ0) is 11.9. The van der Waals surface area contributed by atoms with Crippen LogP contribution in [0.4, 0.5) is 5.69 Å². The molecule has 0 radical (unpaired) electrons. The van der Waals surface area contributed by atoms with Crippen LogP contribution >= 0.6 is 0 Å². The van der Waals surface area contributed by atoms with Gasteiger partial charge in [-0.05, 0) is 31.4 Å². The van der Waals surface area contributed by atoms with Crippen LogP contribution in [0.5, 0.6) is 11.5 Å². The minimum atomic E-state index is 0.352. The maximum atomic E-state index is 5.44. The maximum absolute atomic E-state index is 5.44. The zero-order valence-electron chi connectivity index (χ0n) is 10.4. The fraction of sp³-hybridized carbons (Fsp3) is 0.571. The van der Waals surface area contributed by atoms with Crippen LogP contribution in [0, 0.1) is 0 Å². The summed E-state index contributed by atoms with van der Waals surface area (Å²) in [7, 11) is 0. The second-order valence-corrected chi connectivity index (χ2v) is 5.41. The number of hydrogen-bond donors (Lipinski definition) is 1. The first kappa shape index (κ1) is 10.5. The third-order valence-corrected chi connectivity index (χ3v) is 3.96. The highest BCUT2D eigenvalue weighted by atomic mass is 16.7. The van der Waals surface area contributed by atoms with Crippen LogP contribution in [0.25, 0.3) is 0 Å². The lowest BCUT2D eigenvalue weighted by Gasteiger charge is -2.19. The van der Waals surface area contributed by atoms with Crippen LogP contribution in [0.15, 0.2) is 18.2 Å². The monoisotopic (exact) mass is 246 g/mol. The first-order chi connectivity index (χ1) is 8.88. The van der Waals surface area contributed by atoms with Gasteiger partial charge in [0.1, 0.15) is 0 Å². The average Bonchev–Trinajstić information content (AvgIpc) is 2.91. The quantitative estimate of drug-likeness (QED) is 0.881. The van der Waals surface area contributed by atoms with Crippen molar-refractivity contribution < 1.29 is 9.47 Å². The topological polar surface area (TPSA) is 33.7 Å². The summed E-state index contributed by atoms with van der Waals surface area (Å²) < 4.78 is 10.8. The molecule has 2 fully saturated rings. The molecule has 4 nitrogen and oxygen atoms in total. The molecule has 1 aliphatic carbocycles. The summed E-state index contributed by atoms with van der Waals surface area (Å²) in [5, 5.41) is 3.71. The van der Waals surface area contributed by atoms with Crippen molar-refractivity contribution in [3.63, 3.8) is 0 Å². The lowest BCUT2D eigenvalue weighted by Crippen LogP contribution is -2.33. The summed E-state index contributed by atoms with van der Waals surface area (Å²) in [5.74, 6) is 1.75. The van der Waals surface area contributed by atoms with Crippen molar-refractivity contribution in [1.29, 1.82) is 0 Å². The van der Waals surface area contributed by atoms with E-state index in [0.717, 1.165) is 30.6 Å². The summed E-state index contributed by atoms with van der Waals surface area (Å²) in [6.45, 7) is 2.59. The van der Waals surface area contributed by atoms with E-state index in [-0.39, 0.29) is 0 Å². The highest BCUT2D eigenvalue weighted by molar-refractivity contribution is 5.57. The molecule has 2 aliphatic heterocycles. The molecule has 0 aromatic heterocycles. The van der Waals surface area contributed by atoms with E-state index in [1.807, 2.05) is 6.07 Å². The molecular weight excluding hydrogens is 228 g/mol. The van der Waals surface area contributed by atoms with E-state index in [4.69, 9.17) is 9.47 Å². The molecule has 1 unspecified atom stereocenters. The number of hydrogen-bond acceptors (Lipinski definition) is 4. The predicted molar refractivity (Wildman–Crippen MR) is 69.3 cm³/mol. The smallest absolute Gasteiger partial charge is 0.231 e. The van der Waals surface area contributed by atoms with Crippen molar-refractivity contribution in [2.45, 2.75) is 31.3 Å². The highest BCUT2D eigenvalue weighted by Gasteiger charge is 2.29. The summed E-state index contributed by atoms with van der Waals surface area (Å²) in [6.07, 6.45) is 3.96. The van der Waals surface area contributed by atoms with Crippen LogP contribution < -0.4 is 19.7 Å². The zero-order valence-corrected chi connectivity index (χ0v) is 10.4. The maximum Gasteiger partial charge on any atom is 0.231 e. The minimum Gasteiger partial charge on any atom is -0.454 e. The Labute approximate surface area is 107 Å². The van der Waals surface area contributed by atoms with E-state index >= 15 is 0 Å². The van der Waals surface area contributed by atoms with E-state index in [1.54, 1.807) is 0 Å². The molecule has 1 N–H and O–H groups in total. The molecule has 1 saturated heterocycles. The van der Waals surface area contributed by atoms with Crippen LogP contribution in [0.1, 0.15) is 19.3 Å². The molecule has 0 amide bonds. The van der Waals surface area contributed by atoms with Crippen molar-refractivity contribution in [2.24, 2.45) is 0 Å². The van der Waals surface area contributed by atoms with Crippen molar-refractivity contribution >= 4 is 5.69 Å². The Balaban J connectivity index is 1.46. The number of fused-ring (bicyclic) bond motifs is 1. The van der Waals surface area contributed by atoms with Gasteiger partial charge in [-0.3, -0.25) is 0 Å². The molecule has 96 valence electrons. The standard InChI is InChI=1S/C14H18N2O2/c1-2-10(1)15-11-5-6-16(8-11)12-3-4-13-14(7-12)18-9-17-13/h3-4,7,10-11,15H,1-2,5-6,8-9H2. The number of nitrogens with zero attached hydrogens (tertiary/aromatic N) is 1. The molecule has 18 heavy (non-hydrogen) atoms. The van der Waals surface area contributed by atoms with Crippen LogP contribution in [-0.4, -0.2) is 32.0 Å². The summed E-state index contributed by atoms with van der Waals surface area (Å²) in [5.41, 5.74) is 1.25. The Morgan fingerprint density at radius 2 is 1.94 bits per heavy atom. The summed E-state index contributed by atoms with van der Waals surface area (Å²) >= 11 is 0. The number of benzene rings is 1. The molecule has 0 spiro atoms. The lowest BCUT2D eigenvalue weighted by atomic mass is 10.2. The predicted octanol–water partition coefficient (Wildman–Crippen LogP) is 1.75. The lowest BCUT2D eigenvalue weighted by molar-refractivity contribution is 0.174. The Bertz CT molecular complexity index is 459. The van der Waals surface area contributed by atoms with Gasteiger partial charge >= 0.3 is 0 Å². The van der Waals surface area contributed by atoms with Gasteiger partial charge in [0.2, 0.25) is 6.79 Å². The average molecular weight is 246 g/mol. The Kier molecular flexibility index (Phi) is 2.36. The van der Waals surface area contributed by atoms with Crippen molar-refractivity contribution in [3.8, 4) is 11.5 Å². The Morgan fingerprint density at radius 3 is 2.83 bits per heavy atom. The normalized spacial score (nSPS) is 25.8. The molecule has 4 rings (SSSR count). The van der Waals surface area contributed by atoms with Gasteiger partial charge in [0, 0.05) is 36.9 Å². The van der Waals surface area contributed by atoms with Gasteiger partial charge in [0.05, 0.1) is 0 Å². The van der Waals surface area contributed by atoms with Gasteiger partial charge in [-0.1, -0.05) is 0 Å². The minimum absolute atomic E-state index is 0.352. The third-order valence-electron chi connectivity index (χ3n) is 3.96. The first-order valence-corrected chi connectivity index (χ1v) is 6.79. The van der Waals surface area contributed by atoms with Crippen LogP contribution in [0.2, 0.25) is 0 Å². The fourth-order valence-electron chi connectivity index (χ4n) is 2.80. The molecule has 1 atom stereocenters. The first-order valence-electron chi connectivity index (χ1n) is 6.79. The molecule has 1 saturated carbocycles. The van der Waals surface area contributed by atoms with Crippen LogP contribution in [0.3, 0.4) is 0 Å². The molecule has 2 heterocycles. The van der Waals surface area contributed by atoms with E-state index < -0.39 is 0 Å². The van der Waals surface area contributed by atoms with E-state index in [0.29, 0.717) is 12.8 Å². The molecule has 1 aromatic carbocycles. The molecule has 4 heteroatoms. The largest absolute Gasteiger partial charge is 0.454 e.